The number of allylic oxidation sites excluding steroid dienone is 1. The van der Waals surface area contributed by atoms with E-state index in [9.17, 15) is 0 Å². The minimum absolute atomic E-state index is 1.36. The topological polar surface area (TPSA) is 0 Å². The quantitative estimate of drug-likeness (QED) is 0.328. The molecule has 0 N–H and O–H groups in total. The lowest BCUT2D eigenvalue weighted by Crippen LogP contribution is -1.88. The number of aryl methyl sites for hydroxylation is 1. The Balaban J connectivity index is 1.88. The Morgan fingerprint density at radius 3 is 2.00 bits per heavy atom. The lowest BCUT2D eigenvalue weighted by Gasteiger charge is -1.99. The maximum absolute atomic E-state index is 2.37. The first kappa shape index (κ1) is 12.5. The van der Waals surface area contributed by atoms with Gasteiger partial charge in [-0.1, -0.05) is 48.5 Å². The molecule has 2 aliphatic rings. The molecule has 0 radical (unpaired) electrons. The van der Waals surface area contributed by atoms with E-state index in [-0.39, 0.29) is 0 Å². The van der Waals surface area contributed by atoms with E-state index in [1.165, 1.54) is 46.7 Å². The van der Waals surface area contributed by atoms with Gasteiger partial charge in [0.2, 0.25) is 20.8 Å². The summed E-state index contributed by atoms with van der Waals surface area (Å²) in [6.45, 7) is 2.18. The fourth-order valence-corrected chi connectivity index (χ4v) is 5.75. The molecule has 0 bridgehead atoms. The molecule has 2 heteroatoms. The monoisotopic (exact) mass is 317 g/mol. The minimum Gasteiger partial charge on any atom is -0.135 e. The molecular weight excluding hydrogens is 304 g/mol. The Morgan fingerprint density at radius 1 is 0.818 bits per heavy atom. The van der Waals surface area contributed by atoms with Crippen molar-refractivity contribution in [1.82, 2.24) is 0 Å². The zero-order valence-corrected chi connectivity index (χ0v) is 13.7. The first-order valence-corrected chi connectivity index (χ1v) is 9.01. The molecule has 1 aliphatic heterocycles. The molecule has 1 aromatic heterocycles. The predicted octanol–water partition coefficient (Wildman–Crippen LogP) is 4.62. The second kappa shape index (κ2) is 4.48. The standard InChI is InChI=1S/C20H13S2/c1-12-10-17-18(21-12)11-19(22-17)20-15-8-4-2-6-13(15)14-7-3-5-9-16(14)20/h2-11H,1H3/q+1. The van der Waals surface area contributed by atoms with Crippen molar-refractivity contribution >= 4 is 34.3 Å². The molecular formula is C20H13S2+. The summed E-state index contributed by atoms with van der Waals surface area (Å²) in [4.78, 5) is 2.78. The molecule has 0 atom stereocenters. The maximum atomic E-state index is 2.37. The fourth-order valence-electron chi connectivity index (χ4n) is 3.36. The van der Waals surface area contributed by atoms with Gasteiger partial charge in [-0.2, -0.15) is 0 Å². The fraction of sp³-hybridized carbons (Fsp3) is 0.0500. The van der Waals surface area contributed by atoms with E-state index < -0.39 is 0 Å². The van der Waals surface area contributed by atoms with Crippen molar-refractivity contribution in [3.8, 4) is 11.1 Å². The first-order chi connectivity index (χ1) is 10.8. The molecule has 0 saturated carbocycles. The van der Waals surface area contributed by atoms with Gasteiger partial charge < -0.3 is 0 Å². The Labute approximate surface area is 137 Å². The summed E-state index contributed by atoms with van der Waals surface area (Å²) < 4.78 is 2.82. The van der Waals surface area contributed by atoms with Crippen LogP contribution in [0.4, 0.5) is 0 Å². The highest BCUT2D eigenvalue weighted by atomic mass is 32.1. The molecule has 3 aromatic rings. The van der Waals surface area contributed by atoms with Crippen LogP contribution in [-0.2, 0) is 11.4 Å². The van der Waals surface area contributed by atoms with Gasteiger partial charge in [-0.05, 0) is 29.2 Å². The first-order valence-electron chi connectivity index (χ1n) is 7.38. The molecule has 0 spiro atoms. The Kier molecular flexibility index (Phi) is 2.55. The van der Waals surface area contributed by atoms with Crippen molar-refractivity contribution in [2.45, 2.75) is 6.92 Å². The molecule has 0 unspecified atom stereocenters. The Hall–Kier alpha value is -2.03. The summed E-state index contributed by atoms with van der Waals surface area (Å²) >= 11 is 3.81. The molecule has 5 rings (SSSR count). The maximum Gasteiger partial charge on any atom is 0.249 e. The van der Waals surface area contributed by atoms with Crippen LogP contribution in [0.3, 0.4) is 0 Å². The second-order valence-corrected chi connectivity index (χ2v) is 8.03. The van der Waals surface area contributed by atoms with Crippen LogP contribution in [0.2, 0.25) is 0 Å². The van der Waals surface area contributed by atoms with Crippen LogP contribution in [0.1, 0.15) is 16.0 Å². The molecule has 0 amide bonds. The van der Waals surface area contributed by atoms with Gasteiger partial charge in [0.25, 0.3) is 0 Å². The molecule has 0 nitrogen and oxygen atoms in total. The summed E-state index contributed by atoms with van der Waals surface area (Å²) in [5, 5.41) is 0. The Morgan fingerprint density at radius 2 is 1.41 bits per heavy atom. The molecule has 22 heavy (non-hydrogen) atoms. The lowest BCUT2D eigenvalue weighted by molar-refractivity contribution is 1.63. The summed E-state index contributed by atoms with van der Waals surface area (Å²) in [7, 11) is 0. The number of hydrogen-bond acceptors (Lipinski definition) is 1. The number of thiophene rings is 1. The van der Waals surface area contributed by atoms with Crippen LogP contribution in [0.25, 0.3) is 22.8 Å². The van der Waals surface area contributed by atoms with Crippen molar-refractivity contribution in [3.63, 3.8) is 0 Å². The average molecular weight is 317 g/mol. The smallest absolute Gasteiger partial charge is 0.135 e. The van der Waals surface area contributed by atoms with Crippen LogP contribution in [0.5, 0.6) is 0 Å². The van der Waals surface area contributed by atoms with E-state index in [2.05, 4.69) is 67.6 Å². The summed E-state index contributed by atoms with van der Waals surface area (Å²) in [5.74, 6) is 0. The third-order valence-corrected chi connectivity index (χ3v) is 6.49. The zero-order valence-electron chi connectivity index (χ0n) is 12.1. The number of rotatable bonds is 0. The van der Waals surface area contributed by atoms with Crippen molar-refractivity contribution in [2.24, 2.45) is 0 Å². The largest absolute Gasteiger partial charge is 0.249 e. The molecule has 2 heterocycles. The van der Waals surface area contributed by atoms with Crippen LogP contribution in [0.15, 0.2) is 59.5 Å². The summed E-state index contributed by atoms with van der Waals surface area (Å²) in [5.41, 5.74) is 6.86. The highest BCUT2D eigenvalue weighted by Gasteiger charge is 2.30. The number of fused-ring (bicyclic) bond motifs is 4. The average Bonchev–Trinajstić information content (AvgIpc) is 3.15. The number of hydrogen-bond donors (Lipinski definition) is 0. The lowest BCUT2D eigenvalue weighted by atomic mass is 10.0. The van der Waals surface area contributed by atoms with Gasteiger partial charge in [0.15, 0.2) is 0 Å². The van der Waals surface area contributed by atoms with Gasteiger partial charge in [0.05, 0.1) is 10.1 Å². The summed E-state index contributed by atoms with van der Waals surface area (Å²) in [6.07, 6.45) is 2.37. The van der Waals surface area contributed by atoms with E-state index in [1.54, 1.807) is 0 Å². The molecule has 104 valence electrons. The molecule has 2 aromatic carbocycles. The second-order valence-electron chi connectivity index (χ2n) is 5.66. The van der Waals surface area contributed by atoms with Crippen LogP contribution < -0.4 is 4.53 Å². The van der Waals surface area contributed by atoms with Gasteiger partial charge in [-0.15, -0.1) is 11.3 Å². The zero-order chi connectivity index (χ0) is 14.7. The van der Waals surface area contributed by atoms with Gasteiger partial charge in [-0.25, -0.2) is 0 Å². The highest BCUT2D eigenvalue weighted by molar-refractivity contribution is 7.76. The SMILES string of the molecule is Cc1cc2c(s1)=CC(=C1c3ccccc3-c3ccccc31)[S+]=2. The van der Waals surface area contributed by atoms with E-state index in [1.807, 2.05) is 22.7 Å². The van der Waals surface area contributed by atoms with Gasteiger partial charge in [0.1, 0.15) is 0 Å². The van der Waals surface area contributed by atoms with Crippen molar-refractivity contribution in [1.29, 1.82) is 0 Å². The van der Waals surface area contributed by atoms with Crippen LogP contribution >= 0.6 is 11.3 Å². The third kappa shape index (κ3) is 1.65. The van der Waals surface area contributed by atoms with Crippen molar-refractivity contribution < 1.29 is 0 Å². The Bertz CT molecular complexity index is 998. The minimum atomic E-state index is 1.36. The molecule has 0 saturated heterocycles. The van der Waals surface area contributed by atoms with Crippen molar-refractivity contribution in [2.75, 3.05) is 0 Å². The number of benzene rings is 2. The van der Waals surface area contributed by atoms with Crippen LogP contribution in [0, 0.1) is 11.4 Å². The van der Waals surface area contributed by atoms with Crippen LogP contribution in [-0.4, -0.2) is 0 Å². The predicted molar refractivity (Wildman–Crippen MR) is 97.2 cm³/mol. The highest BCUT2D eigenvalue weighted by Crippen LogP contribution is 2.45. The third-order valence-electron chi connectivity index (χ3n) is 4.26. The van der Waals surface area contributed by atoms with E-state index in [0.717, 1.165) is 0 Å². The van der Waals surface area contributed by atoms with Gasteiger partial charge in [-0.3, -0.25) is 0 Å². The molecule has 1 aliphatic carbocycles. The van der Waals surface area contributed by atoms with E-state index in [0.29, 0.717) is 0 Å². The summed E-state index contributed by atoms with van der Waals surface area (Å²) in [6, 6.07) is 19.8. The van der Waals surface area contributed by atoms with Gasteiger partial charge >= 0.3 is 0 Å². The normalized spacial score (nSPS) is 14.2. The van der Waals surface area contributed by atoms with Crippen molar-refractivity contribution in [3.05, 3.63) is 84.5 Å². The van der Waals surface area contributed by atoms with Gasteiger partial charge in [0, 0.05) is 17.0 Å². The van der Waals surface area contributed by atoms with E-state index in [4.69, 9.17) is 0 Å². The molecule has 0 fully saturated rings. The van der Waals surface area contributed by atoms with E-state index >= 15 is 0 Å².